The molecule has 33 heavy (non-hydrogen) atoms. The molecule has 172 valence electrons. The molecular formula is C26H27FN2O4. The van der Waals surface area contributed by atoms with Crippen LogP contribution in [0.4, 0.5) is 4.39 Å². The van der Waals surface area contributed by atoms with Crippen LogP contribution in [0.2, 0.25) is 0 Å². The van der Waals surface area contributed by atoms with Crippen molar-refractivity contribution in [2.24, 2.45) is 5.73 Å². The highest BCUT2D eigenvalue weighted by atomic mass is 19.1. The highest BCUT2D eigenvalue weighted by Gasteiger charge is 2.15. The third kappa shape index (κ3) is 6.54. The zero-order valence-electron chi connectivity index (χ0n) is 18.7. The van der Waals surface area contributed by atoms with Crippen molar-refractivity contribution >= 4 is 11.8 Å². The maximum atomic E-state index is 13.9. The zero-order chi connectivity index (χ0) is 23.8. The van der Waals surface area contributed by atoms with Crippen LogP contribution in [0.25, 0.3) is 11.1 Å². The second-order valence-electron chi connectivity index (χ2n) is 7.78. The van der Waals surface area contributed by atoms with E-state index in [2.05, 4.69) is 4.98 Å². The lowest BCUT2D eigenvalue weighted by molar-refractivity contribution is 0.0177. The number of carbonyl (C=O) groups excluding carboxylic acids is 2. The molecule has 0 spiro atoms. The number of ether oxygens (including phenoxy) is 2. The fraction of sp³-hybridized carbons (Fsp3) is 0.269. The largest absolute Gasteiger partial charge is 0.460 e. The van der Waals surface area contributed by atoms with Gasteiger partial charge in [-0.3, -0.25) is 9.78 Å². The summed E-state index contributed by atoms with van der Waals surface area (Å²) in [7, 11) is 0. The molecule has 1 heterocycles. The molecule has 0 saturated carbocycles. The Morgan fingerprint density at radius 2 is 1.85 bits per heavy atom. The summed E-state index contributed by atoms with van der Waals surface area (Å²) < 4.78 is 24.6. The lowest BCUT2D eigenvalue weighted by atomic mass is 9.93. The van der Waals surface area contributed by atoms with E-state index in [1.54, 1.807) is 36.4 Å². The number of carbonyl (C=O) groups is 2. The molecule has 3 aromatic rings. The Balaban J connectivity index is 1.82. The maximum absolute atomic E-state index is 13.9. The lowest BCUT2D eigenvalue weighted by Gasteiger charge is -2.12. The molecule has 2 aromatic carbocycles. The first kappa shape index (κ1) is 24.2. The molecule has 1 aromatic heterocycles. The Morgan fingerprint density at radius 3 is 2.58 bits per heavy atom. The van der Waals surface area contributed by atoms with Crippen molar-refractivity contribution in [1.29, 1.82) is 0 Å². The number of hydrogen-bond acceptors (Lipinski definition) is 6. The van der Waals surface area contributed by atoms with Crippen molar-refractivity contribution in [3.63, 3.8) is 0 Å². The average molecular weight is 451 g/mol. The molecule has 0 amide bonds. The van der Waals surface area contributed by atoms with E-state index >= 15 is 0 Å². The molecule has 0 radical (unpaired) electrons. The minimum atomic E-state index is -0.519. The van der Waals surface area contributed by atoms with E-state index in [0.29, 0.717) is 17.7 Å². The molecule has 3 rings (SSSR count). The minimum Gasteiger partial charge on any atom is -0.460 e. The predicted molar refractivity (Wildman–Crippen MR) is 123 cm³/mol. The second-order valence-corrected chi connectivity index (χ2v) is 7.78. The number of pyridine rings is 1. The molecule has 0 aliphatic carbocycles. The molecule has 0 atom stereocenters. The molecule has 6 nitrogen and oxygen atoms in total. The Bertz CT molecular complexity index is 1130. The highest BCUT2D eigenvalue weighted by molar-refractivity contribution is 5.99. The first-order valence-corrected chi connectivity index (χ1v) is 10.7. The quantitative estimate of drug-likeness (QED) is 0.280. The van der Waals surface area contributed by atoms with E-state index in [0.717, 1.165) is 22.9 Å². The molecule has 0 aliphatic heterocycles. The molecule has 7 heteroatoms. The molecule has 0 saturated heterocycles. The number of Topliss-reactive ketones (excluding diaryl/α,β-unsaturated/α-hetero) is 1. The van der Waals surface area contributed by atoms with Crippen LogP contribution >= 0.6 is 0 Å². The van der Waals surface area contributed by atoms with Crippen molar-refractivity contribution in [2.45, 2.75) is 32.9 Å². The van der Waals surface area contributed by atoms with Gasteiger partial charge in [0.05, 0.1) is 24.5 Å². The van der Waals surface area contributed by atoms with Gasteiger partial charge in [0, 0.05) is 24.7 Å². The molecule has 0 fully saturated rings. The van der Waals surface area contributed by atoms with Gasteiger partial charge in [0.2, 0.25) is 0 Å². The summed E-state index contributed by atoms with van der Waals surface area (Å²) >= 11 is 0. The summed E-state index contributed by atoms with van der Waals surface area (Å²) in [4.78, 5) is 29.0. The van der Waals surface area contributed by atoms with E-state index in [4.69, 9.17) is 15.2 Å². The summed E-state index contributed by atoms with van der Waals surface area (Å²) in [5.74, 6) is -1.21. The van der Waals surface area contributed by atoms with Gasteiger partial charge in [0.15, 0.2) is 5.78 Å². The number of esters is 1. The van der Waals surface area contributed by atoms with E-state index < -0.39 is 11.8 Å². The van der Waals surface area contributed by atoms with Crippen molar-refractivity contribution in [2.75, 3.05) is 13.2 Å². The van der Waals surface area contributed by atoms with Crippen molar-refractivity contribution in [3.8, 4) is 11.1 Å². The molecule has 0 aliphatic rings. The average Bonchev–Trinajstić information content (AvgIpc) is 2.82. The van der Waals surface area contributed by atoms with Crippen LogP contribution in [0.1, 0.15) is 45.7 Å². The van der Waals surface area contributed by atoms with Crippen LogP contribution in [-0.4, -0.2) is 36.1 Å². The minimum absolute atomic E-state index is 0.0618. The van der Waals surface area contributed by atoms with E-state index in [1.807, 2.05) is 19.9 Å². The molecule has 2 N–H and O–H groups in total. The zero-order valence-corrected chi connectivity index (χ0v) is 18.7. The number of nitrogens with two attached hydrogens (primary N) is 1. The van der Waals surface area contributed by atoms with Gasteiger partial charge in [-0.15, -0.1) is 0 Å². The standard InChI is InChI=1S/C26H27FN2O4/c1-17(2)32-10-11-33-26(31)21-5-3-4-18(12-21)23-13-20(6-7-22(23)15-28)25(30)14-19-8-9-29-16-24(19)27/h3-9,12-13,16-17H,10-11,14-15,28H2,1-2H3. The second kappa shape index (κ2) is 11.4. The lowest BCUT2D eigenvalue weighted by Crippen LogP contribution is -2.13. The van der Waals surface area contributed by atoms with E-state index in [1.165, 1.54) is 12.3 Å². The summed E-state index contributed by atoms with van der Waals surface area (Å²) in [5.41, 5.74) is 9.29. The first-order chi connectivity index (χ1) is 15.9. The van der Waals surface area contributed by atoms with Crippen molar-refractivity contribution in [3.05, 3.63) is 89.0 Å². The molecule has 0 unspecified atom stereocenters. The number of nitrogens with zero attached hydrogens (tertiary/aromatic N) is 1. The third-order valence-electron chi connectivity index (χ3n) is 5.04. The fourth-order valence-corrected chi connectivity index (χ4v) is 3.33. The monoisotopic (exact) mass is 450 g/mol. The van der Waals surface area contributed by atoms with Gasteiger partial charge in [-0.2, -0.15) is 0 Å². The van der Waals surface area contributed by atoms with Crippen molar-refractivity contribution in [1.82, 2.24) is 4.98 Å². The smallest absolute Gasteiger partial charge is 0.338 e. The van der Waals surface area contributed by atoms with Crippen LogP contribution < -0.4 is 5.73 Å². The Morgan fingerprint density at radius 1 is 1.03 bits per heavy atom. The fourth-order valence-electron chi connectivity index (χ4n) is 3.33. The number of halogens is 1. The Labute approximate surface area is 192 Å². The number of hydrogen-bond donors (Lipinski definition) is 1. The van der Waals surface area contributed by atoms with Gasteiger partial charge < -0.3 is 15.2 Å². The summed E-state index contributed by atoms with van der Waals surface area (Å²) in [6, 6.07) is 13.6. The molecule has 0 bridgehead atoms. The number of rotatable bonds is 10. The van der Waals surface area contributed by atoms with Gasteiger partial charge in [-0.1, -0.05) is 24.3 Å². The van der Waals surface area contributed by atoms with Gasteiger partial charge >= 0.3 is 5.97 Å². The third-order valence-corrected chi connectivity index (χ3v) is 5.04. The highest BCUT2D eigenvalue weighted by Crippen LogP contribution is 2.27. The van der Waals surface area contributed by atoms with Crippen molar-refractivity contribution < 1.29 is 23.5 Å². The first-order valence-electron chi connectivity index (χ1n) is 10.7. The van der Waals surface area contributed by atoms with Crippen LogP contribution in [-0.2, 0) is 22.4 Å². The summed E-state index contributed by atoms with van der Waals surface area (Å²) in [5, 5.41) is 0. The maximum Gasteiger partial charge on any atom is 0.338 e. The van der Waals surface area contributed by atoms with Crippen LogP contribution in [0.15, 0.2) is 60.9 Å². The topological polar surface area (TPSA) is 91.5 Å². The SMILES string of the molecule is CC(C)OCCOC(=O)c1cccc(-c2cc(C(=O)Cc3ccncc3F)ccc2CN)c1. The van der Waals surface area contributed by atoms with Gasteiger partial charge in [-0.25, -0.2) is 9.18 Å². The van der Waals surface area contributed by atoms with E-state index in [9.17, 15) is 14.0 Å². The predicted octanol–water partition coefficient (Wildman–Crippen LogP) is 4.35. The van der Waals surface area contributed by atoms with E-state index in [-0.39, 0.29) is 37.0 Å². The van der Waals surface area contributed by atoms with Gasteiger partial charge in [0.1, 0.15) is 12.4 Å². The van der Waals surface area contributed by atoms with Crippen LogP contribution in [0, 0.1) is 5.82 Å². The summed E-state index contributed by atoms with van der Waals surface area (Å²) in [6.07, 6.45) is 2.52. The number of benzene rings is 2. The van der Waals surface area contributed by atoms with Crippen LogP contribution in [0.5, 0.6) is 0 Å². The van der Waals surface area contributed by atoms with Gasteiger partial charge in [0.25, 0.3) is 0 Å². The van der Waals surface area contributed by atoms with Crippen LogP contribution in [0.3, 0.4) is 0 Å². The summed E-state index contributed by atoms with van der Waals surface area (Å²) in [6.45, 7) is 4.55. The Hall–Kier alpha value is -3.42. The normalized spacial score (nSPS) is 10.9. The van der Waals surface area contributed by atoms with Gasteiger partial charge in [-0.05, 0) is 60.4 Å². The Kier molecular flexibility index (Phi) is 8.40. The number of ketones is 1. The number of aromatic nitrogens is 1. The molecular weight excluding hydrogens is 423 g/mol.